The number of thiophene rings is 1. The van der Waals surface area contributed by atoms with Gasteiger partial charge in [0.1, 0.15) is 0 Å². The van der Waals surface area contributed by atoms with Crippen LogP contribution in [0.15, 0.2) is 16.8 Å². The number of carbonyl (C=O) groups is 1. The van der Waals surface area contributed by atoms with Crippen molar-refractivity contribution in [2.45, 2.75) is 19.3 Å². The summed E-state index contributed by atoms with van der Waals surface area (Å²) in [6.45, 7) is 4.76. The van der Waals surface area contributed by atoms with Gasteiger partial charge < -0.3 is 10.1 Å². The van der Waals surface area contributed by atoms with Crippen molar-refractivity contribution in [2.75, 3.05) is 13.7 Å². The average molecular weight is 213 g/mol. The van der Waals surface area contributed by atoms with Crippen LogP contribution in [0, 0.1) is 0 Å². The molecule has 78 valence electrons. The minimum Gasteiger partial charge on any atom is -0.453 e. The third kappa shape index (κ3) is 2.73. The van der Waals surface area contributed by atoms with Gasteiger partial charge >= 0.3 is 6.09 Å². The third-order valence-corrected chi connectivity index (χ3v) is 2.85. The predicted molar refractivity (Wildman–Crippen MR) is 57.8 cm³/mol. The van der Waals surface area contributed by atoms with E-state index in [9.17, 15) is 4.79 Å². The van der Waals surface area contributed by atoms with Crippen molar-refractivity contribution in [2.24, 2.45) is 0 Å². The molecule has 1 N–H and O–H groups in total. The molecule has 0 aliphatic heterocycles. The largest absolute Gasteiger partial charge is 0.453 e. The van der Waals surface area contributed by atoms with E-state index in [0.29, 0.717) is 6.54 Å². The summed E-state index contributed by atoms with van der Waals surface area (Å²) in [7, 11) is 1.37. The molecule has 0 aliphatic carbocycles. The molecule has 1 aromatic heterocycles. The van der Waals surface area contributed by atoms with Crippen LogP contribution in [-0.4, -0.2) is 19.7 Å². The summed E-state index contributed by atoms with van der Waals surface area (Å²) < 4.78 is 4.52. The minimum atomic E-state index is -0.381. The Morgan fingerprint density at radius 1 is 1.64 bits per heavy atom. The fourth-order valence-corrected chi connectivity index (χ4v) is 1.96. The van der Waals surface area contributed by atoms with Crippen molar-refractivity contribution < 1.29 is 9.53 Å². The van der Waals surface area contributed by atoms with E-state index in [2.05, 4.69) is 35.3 Å². The summed E-state index contributed by atoms with van der Waals surface area (Å²) >= 11 is 1.66. The van der Waals surface area contributed by atoms with Crippen LogP contribution in [0.2, 0.25) is 0 Å². The maximum atomic E-state index is 10.9. The molecular formula is C10H15NO2S. The molecule has 0 aliphatic rings. The van der Waals surface area contributed by atoms with Gasteiger partial charge in [0.2, 0.25) is 0 Å². The fourth-order valence-electron chi connectivity index (χ4n) is 1.12. The average Bonchev–Trinajstić information content (AvgIpc) is 2.67. The molecule has 0 unspecified atom stereocenters. The Morgan fingerprint density at radius 2 is 2.36 bits per heavy atom. The van der Waals surface area contributed by atoms with Gasteiger partial charge in [0, 0.05) is 12.0 Å². The van der Waals surface area contributed by atoms with Gasteiger partial charge in [-0.15, -0.1) is 0 Å². The third-order valence-electron chi connectivity index (χ3n) is 2.16. The second-order valence-electron chi connectivity index (χ2n) is 3.74. The lowest BCUT2D eigenvalue weighted by Crippen LogP contribution is -2.36. The van der Waals surface area contributed by atoms with Gasteiger partial charge in [-0.05, 0) is 22.4 Å². The number of rotatable bonds is 3. The molecule has 0 spiro atoms. The zero-order chi connectivity index (χ0) is 10.6. The smallest absolute Gasteiger partial charge is 0.406 e. The fraction of sp³-hybridized carbons (Fsp3) is 0.500. The van der Waals surface area contributed by atoms with E-state index in [4.69, 9.17) is 0 Å². The number of nitrogens with one attached hydrogen (secondary N) is 1. The van der Waals surface area contributed by atoms with E-state index in [1.165, 1.54) is 12.7 Å². The first-order chi connectivity index (χ1) is 6.56. The number of methoxy groups -OCH3 is 1. The molecule has 0 fully saturated rings. The first-order valence-corrected chi connectivity index (χ1v) is 5.35. The molecule has 1 amide bonds. The van der Waals surface area contributed by atoms with Crippen LogP contribution in [0.25, 0.3) is 0 Å². The number of hydrogen-bond donors (Lipinski definition) is 1. The van der Waals surface area contributed by atoms with Crippen molar-refractivity contribution in [1.29, 1.82) is 0 Å². The van der Waals surface area contributed by atoms with E-state index in [0.717, 1.165) is 0 Å². The summed E-state index contributed by atoms with van der Waals surface area (Å²) in [5, 5.41) is 6.84. The van der Waals surface area contributed by atoms with Gasteiger partial charge in [0.25, 0.3) is 0 Å². The summed E-state index contributed by atoms with van der Waals surface area (Å²) in [4.78, 5) is 10.9. The van der Waals surface area contributed by atoms with Crippen molar-refractivity contribution in [1.82, 2.24) is 5.32 Å². The van der Waals surface area contributed by atoms with Gasteiger partial charge in [-0.3, -0.25) is 0 Å². The van der Waals surface area contributed by atoms with Crippen molar-refractivity contribution >= 4 is 17.4 Å². The summed E-state index contributed by atoms with van der Waals surface area (Å²) in [5.41, 5.74) is 1.19. The Balaban J connectivity index is 2.54. The highest BCUT2D eigenvalue weighted by Gasteiger charge is 2.21. The lowest BCUT2D eigenvalue weighted by Gasteiger charge is -2.23. The minimum absolute atomic E-state index is 0.0474. The molecule has 1 rings (SSSR count). The zero-order valence-electron chi connectivity index (χ0n) is 8.66. The molecule has 0 bridgehead atoms. The van der Waals surface area contributed by atoms with Crippen LogP contribution < -0.4 is 5.32 Å². The Hall–Kier alpha value is -1.03. The molecule has 4 heteroatoms. The normalized spacial score (nSPS) is 11.1. The van der Waals surface area contributed by atoms with Crippen LogP contribution in [-0.2, 0) is 10.2 Å². The highest BCUT2D eigenvalue weighted by molar-refractivity contribution is 7.08. The molecule has 3 nitrogen and oxygen atoms in total. The molecule has 14 heavy (non-hydrogen) atoms. The standard InChI is InChI=1S/C10H15NO2S/c1-10(2,7-11-9(12)13-3)8-4-5-14-6-8/h4-6H,7H2,1-3H3,(H,11,12). The van der Waals surface area contributed by atoms with Gasteiger partial charge in [0.15, 0.2) is 0 Å². The van der Waals surface area contributed by atoms with E-state index >= 15 is 0 Å². The molecule has 1 aromatic rings. The van der Waals surface area contributed by atoms with E-state index in [1.54, 1.807) is 11.3 Å². The Morgan fingerprint density at radius 3 is 2.86 bits per heavy atom. The lowest BCUT2D eigenvalue weighted by molar-refractivity contribution is 0.168. The molecule has 1 heterocycles. The summed E-state index contributed by atoms with van der Waals surface area (Å²) in [6, 6.07) is 2.07. The van der Waals surface area contributed by atoms with Crippen LogP contribution >= 0.6 is 11.3 Å². The summed E-state index contributed by atoms with van der Waals surface area (Å²) in [6.07, 6.45) is -0.381. The van der Waals surface area contributed by atoms with Gasteiger partial charge in [0.05, 0.1) is 7.11 Å². The maximum absolute atomic E-state index is 10.9. The zero-order valence-corrected chi connectivity index (χ0v) is 9.48. The predicted octanol–water partition coefficient (Wildman–Crippen LogP) is 2.38. The maximum Gasteiger partial charge on any atom is 0.406 e. The Kier molecular flexibility index (Phi) is 3.52. The van der Waals surface area contributed by atoms with Crippen molar-refractivity contribution in [3.8, 4) is 0 Å². The number of amides is 1. The van der Waals surface area contributed by atoms with Crippen LogP contribution in [0.3, 0.4) is 0 Å². The SMILES string of the molecule is COC(=O)NCC(C)(C)c1ccsc1. The van der Waals surface area contributed by atoms with Gasteiger partial charge in [-0.2, -0.15) is 11.3 Å². The highest BCUT2D eigenvalue weighted by Crippen LogP contribution is 2.24. The molecule has 0 saturated carbocycles. The molecule has 0 radical (unpaired) electrons. The van der Waals surface area contributed by atoms with Crippen molar-refractivity contribution in [3.63, 3.8) is 0 Å². The monoisotopic (exact) mass is 213 g/mol. The first kappa shape index (κ1) is 11.0. The van der Waals surface area contributed by atoms with Crippen LogP contribution in [0.4, 0.5) is 4.79 Å². The van der Waals surface area contributed by atoms with Gasteiger partial charge in [-0.25, -0.2) is 4.79 Å². The Labute approximate surface area is 88.1 Å². The molecule has 0 atom stereocenters. The molecule has 0 aromatic carbocycles. The van der Waals surface area contributed by atoms with Crippen molar-refractivity contribution in [3.05, 3.63) is 22.4 Å². The van der Waals surface area contributed by atoms with Gasteiger partial charge in [-0.1, -0.05) is 13.8 Å². The second kappa shape index (κ2) is 4.46. The topological polar surface area (TPSA) is 38.3 Å². The summed E-state index contributed by atoms with van der Waals surface area (Å²) in [5.74, 6) is 0. The second-order valence-corrected chi connectivity index (χ2v) is 4.52. The van der Waals surface area contributed by atoms with Crippen LogP contribution in [0.1, 0.15) is 19.4 Å². The number of ether oxygens (including phenoxy) is 1. The number of carbonyl (C=O) groups excluding carboxylic acids is 1. The quantitative estimate of drug-likeness (QED) is 0.837. The first-order valence-electron chi connectivity index (χ1n) is 4.41. The van der Waals surface area contributed by atoms with E-state index in [-0.39, 0.29) is 11.5 Å². The number of alkyl carbamates (subject to hydrolysis) is 1. The molecule has 0 saturated heterocycles. The molecular weight excluding hydrogens is 198 g/mol. The lowest BCUT2D eigenvalue weighted by atomic mass is 9.87. The van der Waals surface area contributed by atoms with E-state index < -0.39 is 0 Å². The van der Waals surface area contributed by atoms with Crippen LogP contribution in [0.5, 0.6) is 0 Å². The Bertz CT molecular complexity index is 293. The van der Waals surface area contributed by atoms with E-state index in [1.807, 2.05) is 5.38 Å². The highest BCUT2D eigenvalue weighted by atomic mass is 32.1. The number of hydrogen-bond acceptors (Lipinski definition) is 3.